The lowest BCUT2D eigenvalue weighted by atomic mass is 10.2. The van der Waals surface area contributed by atoms with E-state index in [0.717, 1.165) is 11.8 Å². The van der Waals surface area contributed by atoms with Gasteiger partial charge in [0.05, 0.1) is 6.26 Å². The standard InChI is InChI=1S/C8H8O.CH2O3/c9-7-6-8-4-2-1-3-5-8;2-1-4-3/h1-7,9H;1,3H. The van der Waals surface area contributed by atoms with E-state index >= 15 is 0 Å². The Kier molecular flexibility index (Phi) is 7.13. The van der Waals surface area contributed by atoms with E-state index in [1.54, 1.807) is 6.08 Å². The monoisotopic (exact) mass is 182 g/mol. The summed E-state index contributed by atoms with van der Waals surface area (Å²) in [6, 6.07) is 9.64. The highest BCUT2D eigenvalue weighted by molar-refractivity contribution is 5.47. The van der Waals surface area contributed by atoms with Gasteiger partial charge in [0.2, 0.25) is 0 Å². The van der Waals surface area contributed by atoms with E-state index in [0.29, 0.717) is 0 Å². The Morgan fingerprint density at radius 1 is 1.23 bits per heavy atom. The first-order valence-electron chi connectivity index (χ1n) is 3.44. The highest BCUT2D eigenvalue weighted by atomic mass is 17.1. The van der Waals surface area contributed by atoms with Gasteiger partial charge >= 0.3 is 6.47 Å². The lowest BCUT2D eigenvalue weighted by molar-refractivity contribution is -0.217. The molecule has 0 amide bonds. The minimum Gasteiger partial charge on any atom is -0.516 e. The number of hydrogen-bond acceptors (Lipinski definition) is 4. The molecule has 4 heteroatoms. The van der Waals surface area contributed by atoms with E-state index in [-0.39, 0.29) is 6.47 Å². The van der Waals surface area contributed by atoms with E-state index < -0.39 is 0 Å². The Labute approximate surface area is 75.6 Å². The first-order chi connectivity index (χ1) is 6.35. The third kappa shape index (κ3) is 6.58. The number of aliphatic hydroxyl groups is 1. The molecule has 0 aliphatic carbocycles. The van der Waals surface area contributed by atoms with Gasteiger partial charge in [-0.25, -0.2) is 5.26 Å². The van der Waals surface area contributed by atoms with Gasteiger partial charge in [0.15, 0.2) is 0 Å². The van der Waals surface area contributed by atoms with Crippen LogP contribution in [0.2, 0.25) is 0 Å². The normalized spacial score (nSPS) is 8.69. The highest BCUT2D eigenvalue weighted by Crippen LogP contribution is 1.98. The fraction of sp³-hybridized carbons (Fsp3) is 0. The summed E-state index contributed by atoms with van der Waals surface area (Å²) in [5, 5.41) is 15.3. The molecule has 70 valence electrons. The molecule has 0 unspecified atom stereocenters. The van der Waals surface area contributed by atoms with Gasteiger partial charge in [-0.2, -0.15) is 0 Å². The van der Waals surface area contributed by atoms with Crippen LogP contribution in [-0.2, 0) is 9.68 Å². The second kappa shape index (κ2) is 8.29. The van der Waals surface area contributed by atoms with Gasteiger partial charge in [-0.3, -0.25) is 4.79 Å². The molecule has 1 aromatic rings. The molecule has 13 heavy (non-hydrogen) atoms. The third-order valence-corrected chi connectivity index (χ3v) is 1.11. The van der Waals surface area contributed by atoms with E-state index in [2.05, 4.69) is 4.89 Å². The van der Waals surface area contributed by atoms with Crippen molar-refractivity contribution in [3.8, 4) is 0 Å². The predicted octanol–water partition coefficient (Wildman–Crippen LogP) is 1.85. The van der Waals surface area contributed by atoms with Crippen LogP contribution in [0.25, 0.3) is 6.08 Å². The number of hydrogen-bond donors (Lipinski definition) is 2. The number of aliphatic hydroxyl groups excluding tert-OH is 1. The molecular weight excluding hydrogens is 172 g/mol. The quantitative estimate of drug-likeness (QED) is 0.317. The Balaban J connectivity index is 0.000000310. The van der Waals surface area contributed by atoms with Crippen LogP contribution in [0.3, 0.4) is 0 Å². The zero-order valence-electron chi connectivity index (χ0n) is 6.83. The van der Waals surface area contributed by atoms with Gasteiger partial charge in [-0.15, -0.1) is 0 Å². The van der Waals surface area contributed by atoms with Crippen molar-refractivity contribution in [2.24, 2.45) is 0 Å². The van der Waals surface area contributed by atoms with Crippen LogP contribution in [-0.4, -0.2) is 16.8 Å². The van der Waals surface area contributed by atoms with E-state index in [1.807, 2.05) is 30.3 Å². The molecule has 4 nitrogen and oxygen atoms in total. The molecular formula is C9H10O4. The maximum Gasteiger partial charge on any atom is 0.330 e. The molecule has 0 atom stereocenters. The molecule has 0 radical (unpaired) electrons. The Hall–Kier alpha value is -1.81. The molecule has 0 aromatic heterocycles. The summed E-state index contributed by atoms with van der Waals surface area (Å²) >= 11 is 0. The van der Waals surface area contributed by atoms with Crippen molar-refractivity contribution in [2.75, 3.05) is 0 Å². The summed E-state index contributed by atoms with van der Waals surface area (Å²) in [5.74, 6) is 0. The van der Waals surface area contributed by atoms with Gasteiger partial charge < -0.3 is 9.99 Å². The molecule has 0 spiro atoms. The number of carbonyl (C=O) groups is 1. The molecule has 1 aromatic carbocycles. The summed E-state index contributed by atoms with van der Waals surface area (Å²) < 4.78 is 0. The first-order valence-corrected chi connectivity index (χ1v) is 3.44. The average Bonchev–Trinajstić information content (AvgIpc) is 2.20. The van der Waals surface area contributed by atoms with Crippen LogP contribution < -0.4 is 0 Å². The topological polar surface area (TPSA) is 66.8 Å². The molecule has 0 bridgehead atoms. The summed E-state index contributed by atoms with van der Waals surface area (Å²) in [6.45, 7) is -0.0694. The van der Waals surface area contributed by atoms with Crippen LogP contribution in [0.15, 0.2) is 36.6 Å². The lowest BCUT2D eigenvalue weighted by Crippen LogP contribution is -1.69. The molecule has 0 saturated heterocycles. The second-order valence-electron chi connectivity index (χ2n) is 1.93. The van der Waals surface area contributed by atoms with Crippen LogP contribution in [0.5, 0.6) is 0 Å². The van der Waals surface area contributed by atoms with Crippen molar-refractivity contribution < 1.29 is 20.0 Å². The maximum absolute atomic E-state index is 8.70. The van der Waals surface area contributed by atoms with Crippen molar-refractivity contribution >= 4 is 12.5 Å². The SMILES string of the molecule is O=COO.OC=Cc1ccccc1. The van der Waals surface area contributed by atoms with E-state index in [9.17, 15) is 0 Å². The van der Waals surface area contributed by atoms with Gasteiger partial charge in [-0.05, 0) is 11.6 Å². The minimum atomic E-state index is -0.0694. The summed E-state index contributed by atoms with van der Waals surface area (Å²) in [7, 11) is 0. The molecule has 0 saturated carbocycles. The van der Waals surface area contributed by atoms with Crippen LogP contribution in [0, 0.1) is 0 Å². The molecule has 0 heterocycles. The minimum absolute atomic E-state index is 0.0694. The highest BCUT2D eigenvalue weighted by Gasteiger charge is 1.78. The van der Waals surface area contributed by atoms with Crippen LogP contribution in [0.4, 0.5) is 0 Å². The third-order valence-electron chi connectivity index (χ3n) is 1.11. The molecule has 2 N–H and O–H groups in total. The zero-order valence-corrected chi connectivity index (χ0v) is 6.83. The van der Waals surface area contributed by atoms with E-state index in [4.69, 9.17) is 15.2 Å². The van der Waals surface area contributed by atoms with Crippen LogP contribution in [0.1, 0.15) is 5.56 Å². The van der Waals surface area contributed by atoms with Gasteiger partial charge in [0.1, 0.15) is 0 Å². The van der Waals surface area contributed by atoms with Crippen molar-refractivity contribution in [3.63, 3.8) is 0 Å². The van der Waals surface area contributed by atoms with E-state index in [1.165, 1.54) is 0 Å². The summed E-state index contributed by atoms with van der Waals surface area (Å²) in [5.41, 5.74) is 1.01. The Morgan fingerprint density at radius 2 is 1.77 bits per heavy atom. The number of carbonyl (C=O) groups excluding carboxylic acids is 1. The molecule has 1 rings (SSSR count). The number of benzene rings is 1. The van der Waals surface area contributed by atoms with Crippen molar-refractivity contribution in [2.45, 2.75) is 0 Å². The Morgan fingerprint density at radius 3 is 2.15 bits per heavy atom. The molecule has 0 aliphatic heterocycles. The zero-order chi connectivity index (χ0) is 9.94. The Bertz CT molecular complexity index is 243. The number of rotatable bonds is 2. The van der Waals surface area contributed by atoms with Crippen molar-refractivity contribution in [1.29, 1.82) is 0 Å². The second-order valence-corrected chi connectivity index (χ2v) is 1.93. The van der Waals surface area contributed by atoms with Crippen molar-refractivity contribution in [1.82, 2.24) is 0 Å². The van der Waals surface area contributed by atoms with Crippen LogP contribution >= 0.6 is 0 Å². The maximum atomic E-state index is 8.70. The molecule has 0 fully saturated rings. The fourth-order valence-corrected chi connectivity index (χ4v) is 0.650. The van der Waals surface area contributed by atoms with Gasteiger partial charge in [0.25, 0.3) is 0 Å². The van der Waals surface area contributed by atoms with Crippen molar-refractivity contribution in [3.05, 3.63) is 42.2 Å². The smallest absolute Gasteiger partial charge is 0.330 e. The average molecular weight is 182 g/mol. The largest absolute Gasteiger partial charge is 0.516 e. The first kappa shape index (κ1) is 11.2. The lowest BCUT2D eigenvalue weighted by Gasteiger charge is -1.86. The van der Waals surface area contributed by atoms with Gasteiger partial charge in [-0.1, -0.05) is 30.3 Å². The molecule has 0 aliphatic rings. The summed E-state index contributed by atoms with van der Waals surface area (Å²) in [6.07, 6.45) is 2.68. The predicted molar refractivity (Wildman–Crippen MR) is 47.9 cm³/mol. The summed E-state index contributed by atoms with van der Waals surface area (Å²) in [4.78, 5) is 11.6. The van der Waals surface area contributed by atoms with Gasteiger partial charge in [0, 0.05) is 0 Å². The fourth-order valence-electron chi connectivity index (χ4n) is 0.650.